The molecule has 0 spiro atoms. The van der Waals surface area contributed by atoms with Gasteiger partial charge in [0, 0.05) is 12.6 Å². The fourth-order valence-electron chi connectivity index (χ4n) is 1.11. The minimum Gasteiger partial charge on any atom is -0.328 e. The lowest BCUT2D eigenvalue weighted by molar-refractivity contribution is 0.237. The monoisotopic (exact) mass is 200 g/mol. The molecule has 0 saturated carbocycles. The van der Waals surface area contributed by atoms with Crippen molar-refractivity contribution >= 4 is 0 Å². The molecule has 0 aromatic rings. The zero-order chi connectivity index (χ0) is 11.2. The first-order valence-corrected chi connectivity index (χ1v) is 5.86. The summed E-state index contributed by atoms with van der Waals surface area (Å²) >= 11 is 0. The number of rotatable bonds is 7. The average Bonchev–Trinajstić information content (AvgIpc) is 2.11. The van der Waals surface area contributed by atoms with Crippen LogP contribution in [0.1, 0.15) is 47.5 Å². The van der Waals surface area contributed by atoms with Crippen molar-refractivity contribution in [3.63, 3.8) is 0 Å². The van der Waals surface area contributed by atoms with Crippen LogP contribution in [-0.4, -0.2) is 19.1 Å². The van der Waals surface area contributed by atoms with Crippen molar-refractivity contribution in [2.24, 2.45) is 17.1 Å². The Labute approximate surface area is 89.6 Å². The van der Waals surface area contributed by atoms with Crippen molar-refractivity contribution in [3.05, 3.63) is 0 Å². The van der Waals surface area contributed by atoms with Gasteiger partial charge in [-0.05, 0) is 30.7 Å². The molecule has 0 radical (unpaired) electrons. The molecule has 0 aromatic carbocycles. The van der Waals surface area contributed by atoms with E-state index < -0.39 is 0 Å². The predicted molar refractivity (Wildman–Crippen MR) is 64.4 cm³/mol. The highest BCUT2D eigenvalue weighted by molar-refractivity contribution is 4.75. The normalized spacial score (nSPS) is 14.8. The minimum absolute atomic E-state index is 0.365. The van der Waals surface area contributed by atoms with E-state index in [0.29, 0.717) is 11.5 Å². The highest BCUT2D eigenvalue weighted by atomic mass is 14.9. The molecule has 2 nitrogen and oxygen atoms in total. The third-order valence-electron chi connectivity index (χ3n) is 3.36. The van der Waals surface area contributed by atoms with Crippen LogP contribution in [0.3, 0.4) is 0 Å². The Morgan fingerprint density at radius 1 is 1.29 bits per heavy atom. The Morgan fingerprint density at radius 2 is 1.86 bits per heavy atom. The summed E-state index contributed by atoms with van der Waals surface area (Å²) in [5, 5.41) is 3.49. The smallest absolute Gasteiger partial charge is 0.00482 e. The van der Waals surface area contributed by atoms with Crippen LogP contribution in [0, 0.1) is 11.3 Å². The van der Waals surface area contributed by atoms with E-state index in [0.717, 1.165) is 31.8 Å². The second kappa shape index (κ2) is 6.41. The molecule has 0 amide bonds. The van der Waals surface area contributed by atoms with Gasteiger partial charge in [-0.3, -0.25) is 0 Å². The maximum absolute atomic E-state index is 5.84. The minimum atomic E-state index is 0.365. The molecular formula is C12H28N2. The van der Waals surface area contributed by atoms with Gasteiger partial charge < -0.3 is 11.1 Å². The van der Waals surface area contributed by atoms with Crippen LogP contribution in [-0.2, 0) is 0 Å². The summed E-state index contributed by atoms with van der Waals surface area (Å²) in [6, 6.07) is 0.365. The van der Waals surface area contributed by atoms with Gasteiger partial charge in [-0.15, -0.1) is 0 Å². The largest absolute Gasteiger partial charge is 0.328 e. The van der Waals surface area contributed by atoms with Crippen LogP contribution in [0.15, 0.2) is 0 Å². The molecule has 0 saturated heterocycles. The maximum atomic E-state index is 5.84. The summed E-state index contributed by atoms with van der Waals surface area (Å²) in [4.78, 5) is 0. The SMILES string of the molecule is CCC(N)CCNCC(C)(C)C(C)C. The maximum Gasteiger partial charge on any atom is 0.00482 e. The van der Waals surface area contributed by atoms with Crippen LogP contribution >= 0.6 is 0 Å². The Balaban J connectivity index is 3.54. The predicted octanol–water partition coefficient (Wildman–Crippen LogP) is 2.39. The van der Waals surface area contributed by atoms with E-state index in [1.54, 1.807) is 0 Å². The molecule has 1 atom stereocenters. The van der Waals surface area contributed by atoms with Gasteiger partial charge in [-0.25, -0.2) is 0 Å². The quantitative estimate of drug-likeness (QED) is 0.619. The zero-order valence-electron chi connectivity index (χ0n) is 10.6. The van der Waals surface area contributed by atoms with Crippen LogP contribution in [0.25, 0.3) is 0 Å². The third-order valence-corrected chi connectivity index (χ3v) is 3.36. The Morgan fingerprint density at radius 3 is 2.29 bits per heavy atom. The number of nitrogens with one attached hydrogen (secondary N) is 1. The van der Waals surface area contributed by atoms with Gasteiger partial charge in [0.1, 0.15) is 0 Å². The standard InChI is InChI=1S/C12H28N2/c1-6-11(13)7-8-14-9-12(4,5)10(2)3/h10-11,14H,6-9,13H2,1-5H3. The molecule has 0 fully saturated rings. The van der Waals surface area contributed by atoms with Crippen molar-refractivity contribution in [3.8, 4) is 0 Å². The van der Waals surface area contributed by atoms with Gasteiger partial charge in [-0.1, -0.05) is 34.6 Å². The van der Waals surface area contributed by atoms with Crippen molar-refractivity contribution in [1.29, 1.82) is 0 Å². The zero-order valence-corrected chi connectivity index (χ0v) is 10.6. The molecule has 2 heteroatoms. The van der Waals surface area contributed by atoms with E-state index in [4.69, 9.17) is 5.73 Å². The van der Waals surface area contributed by atoms with E-state index in [2.05, 4.69) is 39.9 Å². The molecule has 3 N–H and O–H groups in total. The highest BCUT2D eigenvalue weighted by Crippen LogP contribution is 2.24. The molecule has 86 valence electrons. The number of hydrogen-bond acceptors (Lipinski definition) is 2. The molecule has 0 aliphatic rings. The van der Waals surface area contributed by atoms with E-state index in [-0.39, 0.29) is 0 Å². The lowest BCUT2D eigenvalue weighted by Gasteiger charge is -2.29. The van der Waals surface area contributed by atoms with Gasteiger partial charge in [0.05, 0.1) is 0 Å². The van der Waals surface area contributed by atoms with Crippen molar-refractivity contribution in [1.82, 2.24) is 5.32 Å². The molecule has 0 rings (SSSR count). The lowest BCUT2D eigenvalue weighted by atomic mass is 9.81. The van der Waals surface area contributed by atoms with E-state index in [1.807, 2.05) is 0 Å². The van der Waals surface area contributed by atoms with Crippen LogP contribution < -0.4 is 11.1 Å². The summed E-state index contributed by atoms with van der Waals surface area (Å²) < 4.78 is 0. The van der Waals surface area contributed by atoms with Crippen LogP contribution in [0.2, 0.25) is 0 Å². The highest BCUT2D eigenvalue weighted by Gasteiger charge is 2.21. The summed E-state index contributed by atoms with van der Waals surface area (Å²) in [6.07, 6.45) is 2.17. The molecule has 0 aliphatic carbocycles. The molecule has 1 unspecified atom stereocenters. The average molecular weight is 200 g/mol. The van der Waals surface area contributed by atoms with E-state index >= 15 is 0 Å². The topological polar surface area (TPSA) is 38.0 Å². The Hall–Kier alpha value is -0.0800. The van der Waals surface area contributed by atoms with Crippen molar-refractivity contribution in [2.75, 3.05) is 13.1 Å². The lowest BCUT2D eigenvalue weighted by Crippen LogP contribution is -2.35. The summed E-state index contributed by atoms with van der Waals surface area (Å²) in [7, 11) is 0. The second-order valence-corrected chi connectivity index (χ2v) is 5.28. The van der Waals surface area contributed by atoms with Gasteiger partial charge >= 0.3 is 0 Å². The number of hydrogen-bond donors (Lipinski definition) is 2. The van der Waals surface area contributed by atoms with Crippen molar-refractivity contribution in [2.45, 2.75) is 53.5 Å². The molecule has 0 aliphatic heterocycles. The van der Waals surface area contributed by atoms with Gasteiger partial charge in [-0.2, -0.15) is 0 Å². The molecular weight excluding hydrogens is 172 g/mol. The Bertz CT molecular complexity index is 141. The first kappa shape index (κ1) is 13.9. The van der Waals surface area contributed by atoms with E-state index in [9.17, 15) is 0 Å². The van der Waals surface area contributed by atoms with Gasteiger partial charge in [0.25, 0.3) is 0 Å². The Kier molecular flexibility index (Phi) is 6.38. The molecule has 0 aromatic heterocycles. The first-order chi connectivity index (χ1) is 6.40. The third kappa shape index (κ3) is 5.61. The van der Waals surface area contributed by atoms with Crippen LogP contribution in [0.5, 0.6) is 0 Å². The molecule has 14 heavy (non-hydrogen) atoms. The first-order valence-electron chi connectivity index (χ1n) is 5.86. The van der Waals surface area contributed by atoms with Gasteiger partial charge in [0.2, 0.25) is 0 Å². The molecule has 0 bridgehead atoms. The summed E-state index contributed by atoms with van der Waals surface area (Å²) in [6.45, 7) is 13.4. The number of nitrogens with two attached hydrogens (primary N) is 1. The molecule has 0 heterocycles. The summed E-state index contributed by atoms with van der Waals surface area (Å²) in [5.41, 5.74) is 6.23. The van der Waals surface area contributed by atoms with Crippen LogP contribution in [0.4, 0.5) is 0 Å². The fraction of sp³-hybridized carbons (Fsp3) is 1.00. The van der Waals surface area contributed by atoms with Crippen molar-refractivity contribution < 1.29 is 0 Å². The fourth-order valence-corrected chi connectivity index (χ4v) is 1.11. The van der Waals surface area contributed by atoms with Gasteiger partial charge in [0.15, 0.2) is 0 Å². The summed E-state index contributed by atoms with van der Waals surface area (Å²) in [5.74, 6) is 0.717. The van der Waals surface area contributed by atoms with E-state index in [1.165, 1.54) is 0 Å². The second-order valence-electron chi connectivity index (χ2n) is 5.28.